The van der Waals surface area contributed by atoms with Crippen LogP contribution in [0.25, 0.3) is 0 Å². The van der Waals surface area contributed by atoms with E-state index < -0.39 is 30.4 Å². The molecule has 1 aromatic carbocycles. The molecule has 2 rings (SSSR count). The maximum atomic E-state index is 12.8. The van der Waals surface area contributed by atoms with E-state index in [1.165, 1.54) is 24.3 Å². The molecule has 0 unspecified atom stereocenters. The zero-order valence-electron chi connectivity index (χ0n) is 10.0. The van der Waals surface area contributed by atoms with Gasteiger partial charge >= 0.3 is 6.18 Å². The van der Waals surface area contributed by atoms with E-state index in [1.54, 1.807) is 0 Å². The van der Waals surface area contributed by atoms with Crippen LogP contribution in [0, 0.1) is 11.7 Å². The minimum absolute atomic E-state index is 0.141. The van der Waals surface area contributed by atoms with E-state index in [0.29, 0.717) is 5.56 Å². The molecule has 1 saturated carbocycles. The standard InChI is InChI=1S/C13H13F4NO/c14-10-5-3-9(4-6-10)12(8-1-2-8)18-11(19)7-13(15,16)17/h3-6,8,12H,1-2,7H2,(H,18,19)/t12-/m1/s1. The molecule has 0 radical (unpaired) electrons. The lowest BCUT2D eigenvalue weighted by Gasteiger charge is -2.19. The van der Waals surface area contributed by atoms with E-state index in [9.17, 15) is 22.4 Å². The predicted molar refractivity (Wildman–Crippen MR) is 60.7 cm³/mol. The Labute approximate surface area is 107 Å². The van der Waals surface area contributed by atoms with Gasteiger partial charge in [-0.2, -0.15) is 13.2 Å². The third kappa shape index (κ3) is 4.22. The molecule has 1 aliphatic rings. The van der Waals surface area contributed by atoms with E-state index in [-0.39, 0.29) is 5.92 Å². The van der Waals surface area contributed by atoms with Crippen molar-refractivity contribution in [1.29, 1.82) is 0 Å². The van der Waals surface area contributed by atoms with Crippen molar-refractivity contribution in [3.63, 3.8) is 0 Å². The smallest absolute Gasteiger partial charge is 0.349 e. The van der Waals surface area contributed by atoms with Crippen LogP contribution < -0.4 is 5.32 Å². The monoisotopic (exact) mass is 275 g/mol. The highest BCUT2D eigenvalue weighted by atomic mass is 19.4. The molecule has 1 fully saturated rings. The Morgan fingerprint density at radius 3 is 2.32 bits per heavy atom. The van der Waals surface area contributed by atoms with Crippen LogP contribution in [-0.2, 0) is 4.79 Å². The van der Waals surface area contributed by atoms with Gasteiger partial charge < -0.3 is 5.32 Å². The lowest BCUT2D eigenvalue weighted by Crippen LogP contribution is -2.33. The van der Waals surface area contributed by atoms with E-state index in [1.807, 2.05) is 0 Å². The van der Waals surface area contributed by atoms with E-state index >= 15 is 0 Å². The van der Waals surface area contributed by atoms with Crippen molar-refractivity contribution in [1.82, 2.24) is 5.32 Å². The molecule has 0 aromatic heterocycles. The first kappa shape index (κ1) is 13.8. The number of halogens is 4. The van der Waals surface area contributed by atoms with Crippen molar-refractivity contribution < 1.29 is 22.4 Å². The van der Waals surface area contributed by atoms with Gasteiger partial charge in [-0.1, -0.05) is 12.1 Å². The molecule has 104 valence electrons. The fourth-order valence-electron chi connectivity index (χ4n) is 1.98. The fourth-order valence-corrected chi connectivity index (χ4v) is 1.98. The molecule has 1 atom stereocenters. The average Bonchev–Trinajstić information content (AvgIpc) is 3.08. The summed E-state index contributed by atoms with van der Waals surface area (Å²) < 4.78 is 49.2. The van der Waals surface area contributed by atoms with Crippen molar-refractivity contribution in [2.75, 3.05) is 0 Å². The Balaban J connectivity index is 2.05. The first-order valence-corrected chi connectivity index (χ1v) is 5.97. The van der Waals surface area contributed by atoms with E-state index in [0.717, 1.165) is 12.8 Å². The first-order chi connectivity index (χ1) is 8.85. The van der Waals surface area contributed by atoms with Gasteiger partial charge in [-0.15, -0.1) is 0 Å². The maximum Gasteiger partial charge on any atom is 0.397 e. The van der Waals surface area contributed by atoms with Crippen LogP contribution in [0.5, 0.6) is 0 Å². The Bertz CT molecular complexity index is 451. The molecule has 0 bridgehead atoms. The number of hydrogen-bond acceptors (Lipinski definition) is 1. The fraction of sp³-hybridized carbons (Fsp3) is 0.462. The molecule has 1 aromatic rings. The molecule has 6 heteroatoms. The van der Waals surface area contributed by atoms with Crippen LogP contribution in [0.15, 0.2) is 24.3 Å². The minimum Gasteiger partial charge on any atom is -0.349 e. The average molecular weight is 275 g/mol. The summed E-state index contributed by atoms with van der Waals surface area (Å²) in [6.07, 6.45) is -4.29. The molecule has 0 aliphatic heterocycles. The molecule has 0 saturated heterocycles. The molecular formula is C13H13F4NO. The summed E-state index contributed by atoms with van der Waals surface area (Å²) in [5.41, 5.74) is 0.638. The van der Waals surface area contributed by atoms with Crippen LogP contribution in [0.3, 0.4) is 0 Å². The summed E-state index contributed by atoms with van der Waals surface area (Å²) in [7, 11) is 0. The summed E-state index contributed by atoms with van der Waals surface area (Å²) in [5, 5.41) is 2.39. The lowest BCUT2D eigenvalue weighted by molar-refractivity contribution is -0.154. The second-order valence-corrected chi connectivity index (χ2v) is 4.73. The van der Waals surface area contributed by atoms with Gasteiger partial charge in [0.25, 0.3) is 0 Å². The van der Waals surface area contributed by atoms with Gasteiger partial charge in [0.2, 0.25) is 5.91 Å². The summed E-state index contributed by atoms with van der Waals surface area (Å²) in [6, 6.07) is 5.00. The molecule has 2 nitrogen and oxygen atoms in total. The summed E-state index contributed by atoms with van der Waals surface area (Å²) in [6.45, 7) is 0. The highest BCUT2D eigenvalue weighted by molar-refractivity contribution is 5.77. The number of amides is 1. The number of carbonyl (C=O) groups excluding carboxylic acids is 1. The normalized spacial score (nSPS) is 17.1. The maximum absolute atomic E-state index is 12.8. The number of carbonyl (C=O) groups is 1. The molecule has 0 spiro atoms. The highest BCUT2D eigenvalue weighted by Gasteiger charge is 2.36. The number of nitrogens with one attached hydrogen (secondary N) is 1. The van der Waals surface area contributed by atoms with Crippen molar-refractivity contribution in [2.45, 2.75) is 31.5 Å². The molecule has 1 amide bonds. The highest BCUT2D eigenvalue weighted by Crippen LogP contribution is 2.41. The molecular weight excluding hydrogens is 262 g/mol. The Morgan fingerprint density at radius 2 is 1.84 bits per heavy atom. The quantitative estimate of drug-likeness (QED) is 0.839. The van der Waals surface area contributed by atoms with Crippen molar-refractivity contribution in [2.24, 2.45) is 5.92 Å². The van der Waals surface area contributed by atoms with Crippen LogP contribution in [-0.4, -0.2) is 12.1 Å². The topological polar surface area (TPSA) is 29.1 Å². The molecule has 0 heterocycles. The van der Waals surface area contributed by atoms with Gasteiger partial charge in [-0.3, -0.25) is 4.79 Å². The predicted octanol–water partition coefficient (Wildman–Crippen LogP) is 3.35. The van der Waals surface area contributed by atoms with Crippen LogP contribution in [0.4, 0.5) is 17.6 Å². The third-order valence-corrected chi connectivity index (χ3v) is 3.00. The van der Waals surface area contributed by atoms with Crippen molar-refractivity contribution >= 4 is 5.91 Å². The number of benzene rings is 1. The Hall–Kier alpha value is -1.59. The third-order valence-electron chi connectivity index (χ3n) is 3.00. The zero-order chi connectivity index (χ0) is 14.0. The molecule has 1 aliphatic carbocycles. The lowest BCUT2D eigenvalue weighted by atomic mass is 10.0. The number of hydrogen-bond donors (Lipinski definition) is 1. The Kier molecular flexibility index (Phi) is 3.78. The summed E-state index contributed by atoms with van der Waals surface area (Å²) in [4.78, 5) is 11.3. The van der Waals surface area contributed by atoms with Gasteiger partial charge in [0.1, 0.15) is 12.2 Å². The minimum atomic E-state index is -4.51. The molecule has 1 N–H and O–H groups in total. The number of alkyl halides is 3. The van der Waals surface area contributed by atoms with Gasteiger partial charge in [-0.25, -0.2) is 4.39 Å². The van der Waals surface area contributed by atoms with Gasteiger partial charge in [0.15, 0.2) is 0 Å². The zero-order valence-corrected chi connectivity index (χ0v) is 10.0. The summed E-state index contributed by atoms with van der Waals surface area (Å²) in [5.74, 6) is -1.32. The second kappa shape index (κ2) is 5.19. The molecule has 19 heavy (non-hydrogen) atoms. The van der Waals surface area contributed by atoms with Crippen LogP contribution in [0.1, 0.15) is 30.9 Å². The summed E-state index contributed by atoms with van der Waals surface area (Å²) >= 11 is 0. The van der Waals surface area contributed by atoms with Gasteiger partial charge in [-0.05, 0) is 36.5 Å². The van der Waals surface area contributed by atoms with Crippen LogP contribution >= 0.6 is 0 Å². The van der Waals surface area contributed by atoms with E-state index in [2.05, 4.69) is 5.32 Å². The van der Waals surface area contributed by atoms with E-state index in [4.69, 9.17) is 0 Å². The van der Waals surface area contributed by atoms with Crippen LogP contribution in [0.2, 0.25) is 0 Å². The SMILES string of the molecule is O=C(CC(F)(F)F)N[C@@H](c1ccc(F)cc1)C1CC1. The van der Waals surface area contributed by atoms with Crippen molar-refractivity contribution in [3.05, 3.63) is 35.6 Å². The second-order valence-electron chi connectivity index (χ2n) is 4.73. The number of rotatable bonds is 4. The van der Waals surface area contributed by atoms with Gasteiger partial charge in [0.05, 0.1) is 6.04 Å². The van der Waals surface area contributed by atoms with Crippen molar-refractivity contribution in [3.8, 4) is 0 Å². The largest absolute Gasteiger partial charge is 0.397 e. The first-order valence-electron chi connectivity index (χ1n) is 5.97. The Morgan fingerprint density at radius 1 is 1.26 bits per heavy atom. The van der Waals surface area contributed by atoms with Gasteiger partial charge in [0, 0.05) is 0 Å².